The van der Waals surface area contributed by atoms with E-state index in [4.69, 9.17) is 0 Å². The molecule has 0 aliphatic rings. The zero-order valence-corrected chi connectivity index (χ0v) is 11.3. The minimum Gasteiger partial charge on any atom is -0.254 e. The summed E-state index contributed by atoms with van der Waals surface area (Å²) in [5.74, 6) is 0.0748. The predicted octanol–water partition coefficient (Wildman–Crippen LogP) is 3.75. The number of hydrogen-bond acceptors (Lipinski definition) is 1. The number of rotatable bonds is 3. The van der Waals surface area contributed by atoms with Gasteiger partial charge in [-0.25, -0.2) is 4.39 Å². The average molecular weight is 262 g/mol. The second-order valence-corrected chi connectivity index (χ2v) is 5.82. The highest BCUT2D eigenvalue weighted by Gasteiger charge is 2.06. The van der Waals surface area contributed by atoms with Crippen LogP contribution in [-0.4, -0.2) is 4.21 Å². The van der Waals surface area contributed by atoms with E-state index in [-0.39, 0.29) is 5.82 Å². The second-order valence-electron chi connectivity index (χ2n) is 4.37. The van der Waals surface area contributed by atoms with Crippen molar-refractivity contribution in [3.05, 3.63) is 65.0 Å². The van der Waals surface area contributed by atoms with Crippen LogP contribution in [0.3, 0.4) is 0 Å². The lowest BCUT2D eigenvalue weighted by Crippen LogP contribution is -1.98. The van der Waals surface area contributed by atoms with Crippen LogP contribution in [0.2, 0.25) is 0 Å². The quantitative estimate of drug-likeness (QED) is 0.823. The summed E-state index contributed by atoms with van der Waals surface area (Å²) in [5, 5.41) is 0. The zero-order chi connectivity index (χ0) is 13.1. The third-order valence-corrected chi connectivity index (χ3v) is 4.30. The molecule has 0 saturated heterocycles. The molecule has 3 heteroatoms. The maximum atomic E-state index is 13.0. The standard InChI is InChI=1S/C15H15FOS/c1-11-6-7-13(8-12(11)2)10-18(17)15-5-3-4-14(16)9-15/h3-9H,10H2,1-2H3. The van der Waals surface area contributed by atoms with Gasteiger partial charge in [-0.2, -0.15) is 0 Å². The molecule has 1 unspecified atom stereocenters. The van der Waals surface area contributed by atoms with Gasteiger partial charge in [-0.15, -0.1) is 0 Å². The van der Waals surface area contributed by atoms with Crippen molar-refractivity contribution in [2.24, 2.45) is 0 Å². The van der Waals surface area contributed by atoms with Crippen LogP contribution in [-0.2, 0) is 16.6 Å². The van der Waals surface area contributed by atoms with Crippen LogP contribution in [0.5, 0.6) is 0 Å². The fraction of sp³-hybridized carbons (Fsp3) is 0.200. The Morgan fingerprint density at radius 3 is 2.50 bits per heavy atom. The lowest BCUT2D eigenvalue weighted by atomic mass is 10.1. The molecule has 1 atom stereocenters. The van der Waals surface area contributed by atoms with Crippen LogP contribution in [0, 0.1) is 19.7 Å². The van der Waals surface area contributed by atoms with Crippen molar-refractivity contribution in [1.29, 1.82) is 0 Å². The Morgan fingerprint density at radius 2 is 1.83 bits per heavy atom. The SMILES string of the molecule is Cc1ccc(CS(=O)c2cccc(F)c2)cc1C. The van der Waals surface area contributed by atoms with Gasteiger partial charge < -0.3 is 0 Å². The fourth-order valence-electron chi connectivity index (χ4n) is 1.74. The first-order valence-electron chi connectivity index (χ1n) is 5.76. The molecule has 0 fully saturated rings. The van der Waals surface area contributed by atoms with Gasteiger partial charge in [0.05, 0.1) is 16.6 Å². The molecule has 0 radical (unpaired) electrons. The first-order chi connectivity index (χ1) is 8.56. The Morgan fingerprint density at radius 1 is 1.06 bits per heavy atom. The molecule has 1 nitrogen and oxygen atoms in total. The van der Waals surface area contributed by atoms with Gasteiger partial charge >= 0.3 is 0 Å². The van der Waals surface area contributed by atoms with E-state index in [9.17, 15) is 8.60 Å². The van der Waals surface area contributed by atoms with Gasteiger partial charge in [0.15, 0.2) is 0 Å². The van der Waals surface area contributed by atoms with Gasteiger partial charge in [0.1, 0.15) is 5.82 Å². The summed E-state index contributed by atoms with van der Waals surface area (Å²) in [7, 11) is -1.20. The minimum absolute atomic E-state index is 0.346. The van der Waals surface area contributed by atoms with Crippen LogP contribution >= 0.6 is 0 Å². The molecular weight excluding hydrogens is 247 g/mol. The summed E-state index contributed by atoms with van der Waals surface area (Å²) < 4.78 is 25.2. The molecule has 0 spiro atoms. The summed E-state index contributed by atoms with van der Waals surface area (Å²) in [5.41, 5.74) is 3.42. The van der Waals surface area contributed by atoms with E-state index in [2.05, 4.69) is 0 Å². The van der Waals surface area contributed by atoms with E-state index < -0.39 is 10.8 Å². The molecule has 0 saturated carbocycles. The molecule has 0 bridgehead atoms. The van der Waals surface area contributed by atoms with Crippen molar-refractivity contribution < 1.29 is 8.60 Å². The highest BCUT2D eigenvalue weighted by molar-refractivity contribution is 7.84. The number of hydrogen-bond donors (Lipinski definition) is 0. The normalized spacial score (nSPS) is 12.4. The second kappa shape index (κ2) is 5.44. The summed E-state index contributed by atoms with van der Waals surface area (Å²) in [4.78, 5) is 0.535. The molecule has 2 rings (SSSR count). The number of aryl methyl sites for hydroxylation is 2. The summed E-state index contributed by atoms with van der Waals surface area (Å²) in [6.07, 6.45) is 0. The van der Waals surface area contributed by atoms with Gasteiger partial charge in [0.25, 0.3) is 0 Å². The molecule has 0 aliphatic carbocycles. The largest absolute Gasteiger partial charge is 0.254 e. The van der Waals surface area contributed by atoms with E-state index in [1.165, 1.54) is 23.3 Å². The minimum atomic E-state index is -1.20. The van der Waals surface area contributed by atoms with Gasteiger partial charge in [-0.1, -0.05) is 24.3 Å². The molecular formula is C15H15FOS. The van der Waals surface area contributed by atoms with Gasteiger partial charge in [0, 0.05) is 4.90 Å². The Balaban J connectivity index is 2.18. The highest BCUT2D eigenvalue weighted by Crippen LogP contribution is 2.16. The number of halogens is 1. The van der Waals surface area contributed by atoms with Gasteiger partial charge in [-0.05, 0) is 48.7 Å². The first-order valence-corrected chi connectivity index (χ1v) is 7.08. The van der Waals surface area contributed by atoms with Crippen LogP contribution in [0.15, 0.2) is 47.4 Å². The topological polar surface area (TPSA) is 17.1 Å². The molecule has 0 N–H and O–H groups in total. The lowest BCUT2D eigenvalue weighted by Gasteiger charge is -2.06. The van der Waals surface area contributed by atoms with Crippen LogP contribution in [0.1, 0.15) is 16.7 Å². The highest BCUT2D eigenvalue weighted by atomic mass is 32.2. The molecule has 0 amide bonds. The fourth-order valence-corrected chi connectivity index (χ4v) is 2.86. The van der Waals surface area contributed by atoms with Crippen molar-refractivity contribution in [1.82, 2.24) is 0 Å². The van der Waals surface area contributed by atoms with Crippen molar-refractivity contribution in [3.8, 4) is 0 Å². The predicted molar refractivity (Wildman–Crippen MR) is 72.4 cm³/mol. The molecule has 0 heterocycles. The monoisotopic (exact) mass is 262 g/mol. The lowest BCUT2D eigenvalue weighted by molar-refractivity contribution is 0.622. The maximum Gasteiger partial charge on any atom is 0.124 e. The van der Waals surface area contributed by atoms with Crippen LogP contribution in [0.25, 0.3) is 0 Å². The smallest absolute Gasteiger partial charge is 0.124 e. The molecule has 0 aliphatic heterocycles. The Labute approximate surface area is 109 Å². The van der Waals surface area contributed by atoms with Crippen molar-refractivity contribution in [2.45, 2.75) is 24.5 Å². The van der Waals surface area contributed by atoms with E-state index in [0.29, 0.717) is 10.6 Å². The third-order valence-electron chi connectivity index (χ3n) is 2.93. The van der Waals surface area contributed by atoms with Gasteiger partial charge in [0.2, 0.25) is 0 Å². The third kappa shape index (κ3) is 3.05. The summed E-state index contributed by atoms with van der Waals surface area (Å²) in [6.45, 7) is 4.08. The van der Waals surface area contributed by atoms with Crippen molar-refractivity contribution in [3.63, 3.8) is 0 Å². The van der Waals surface area contributed by atoms with Crippen molar-refractivity contribution >= 4 is 10.8 Å². The summed E-state index contributed by atoms with van der Waals surface area (Å²) >= 11 is 0. The van der Waals surface area contributed by atoms with Crippen LogP contribution in [0.4, 0.5) is 4.39 Å². The number of benzene rings is 2. The molecule has 0 aromatic heterocycles. The van der Waals surface area contributed by atoms with Gasteiger partial charge in [-0.3, -0.25) is 4.21 Å². The van der Waals surface area contributed by atoms with E-state index in [0.717, 1.165) is 5.56 Å². The maximum absolute atomic E-state index is 13.0. The zero-order valence-electron chi connectivity index (χ0n) is 10.4. The molecule has 94 valence electrons. The van der Waals surface area contributed by atoms with Crippen molar-refractivity contribution in [2.75, 3.05) is 0 Å². The molecule has 2 aromatic rings. The first kappa shape index (κ1) is 13.0. The Kier molecular flexibility index (Phi) is 3.92. The van der Waals surface area contributed by atoms with E-state index in [1.807, 2.05) is 32.0 Å². The Hall–Kier alpha value is -1.48. The molecule has 2 aromatic carbocycles. The van der Waals surface area contributed by atoms with E-state index >= 15 is 0 Å². The summed E-state index contributed by atoms with van der Waals surface area (Å²) in [6, 6.07) is 12.0. The van der Waals surface area contributed by atoms with Crippen LogP contribution < -0.4 is 0 Å². The average Bonchev–Trinajstić information content (AvgIpc) is 2.34. The van der Waals surface area contributed by atoms with E-state index in [1.54, 1.807) is 12.1 Å². The Bertz CT molecular complexity index is 593. The molecule has 18 heavy (non-hydrogen) atoms.